The van der Waals surface area contributed by atoms with Crippen LogP contribution in [0.3, 0.4) is 0 Å². The lowest BCUT2D eigenvalue weighted by Gasteiger charge is -2.32. The third-order valence-electron chi connectivity index (χ3n) is 3.88. The summed E-state index contributed by atoms with van der Waals surface area (Å²) in [5.41, 5.74) is 2.78. The molecule has 1 aromatic carbocycles. The molecule has 0 bridgehead atoms. The first-order valence-corrected chi connectivity index (χ1v) is 7.97. The Labute approximate surface area is 102 Å². The molecule has 92 valence electrons. The van der Waals surface area contributed by atoms with E-state index in [2.05, 4.69) is 29.2 Å². The Morgan fingerprint density at radius 2 is 1.94 bits per heavy atom. The van der Waals surface area contributed by atoms with Crippen LogP contribution in [0.25, 0.3) is 0 Å². The highest BCUT2D eigenvalue weighted by Gasteiger charge is 2.33. The molecule has 17 heavy (non-hydrogen) atoms. The van der Waals surface area contributed by atoms with E-state index in [1.54, 1.807) is 0 Å². The highest BCUT2D eigenvalue weighted by atomic mass is 32.2. The van der Waals surface area contributed by atoms with Crippen LogP contribution in [0.15, 0.2) is 24.3 Å². The number of sulfone groups is 1. The Balaban J connectivity index is 1.77. The standard InChI is InChI=1S/C13H17NO2S/c15-17(16)8-6-13(10-17)14-7-5-11-3-1-2-4-12(11)9-14/h1-4,13H,5-10H2. The number of hydrogen-bond acceptors (Lipinski definition) is 3. The average molecular weight is 251 g/mol. The van der Waals surface area contributed by atoms with Crippen molar-refractivity contribution < 1.29 is 8.42 Å². The summed E-state index contributed by atoms with van der Waals surface area (Å²) < 4.78 is 23.0. The number of rotatable bonds is 1. The van der Waals surface area contributed by atoms with Gasteiger partial charge in [-0.05, 0) is 24.0 Å². The van der Waals surface area contributed by atoms with Crippen LogP contribution >= 0.6 is 0 Å². The van der Waals surface area contributed by atoms with Gasteiger partial charge in [0.2, 0.25) is 0 Å². The van der Waals surface area contributed by atoms with Crippen molar-refractivity contribution in [3.8, 4) is 0 Å². The molecule has 1 atom stereocenters. The first-order chi connectivity index (χ1) is 8.14. The Hall–Kier alpha value is -0.870. The molecule has 0 spiro atoms. The number of benzene rings is 1. The van der Waals surface area contributed by atoms with Crippen molar-refractivity contribution in [1.29, 1.82) is 0 Å². The summed E-state index contributed by atoms with van der Waals surface area (Å²) in [6.45, 7) is 1.91. The Morgan fingerprint density at radius 3 is 2.65 bits per heavy atom. The van der Waals surface area contributed by atoms with Crippen LogP contribution in [0.1, 0.15) is 17.5 Å². The minimum Gasteiger partial charge on any atom is -0.295 e. The molecular weight excluding hydrogens is 234 g/mol. The molecule has 2 aliphatic rings. The van der Waals surface area contributed by atoms with Crippen LogP contribution in [0.2, 0.25) is 0 Å². The van der Waals surface area contributed by atoms with Crippen molar-refractivity contribution >= 4 is 9.84 Å². The second kappa shape index (κ2) is 4.10. The second-order valence-electron chi connectivity index (χ2n) is 5.05. The van der Waals surface area contributed by atoms with Crippen LogP contribution in [0.4, 0.5) is 0 Å². The molecular formula is C13H17NO2S. The topological polar surface area (TPSA) is 37.4 Å². The van der Waals surface area contributed by atoms with Gasteiger partial charge >= 0.3 is 0 Å². The number of fused-ring (bicyclic) bond motifs is 1. The van der Waals surface area contributed by atoms with Gasteiger partial charge in [-0.2, -0.15) is 0 Å². The fourth-order valence-electron chi connectivity index (χ4n) is 2.89. The van der Waals surface area contributed by atoms with E-state index in [0.29, 0.717) is 11.5 Å². The van der Waals surface area contributed by atoms with Crippen LogP contribution in [0.5, 0.6) is 0 Å². The molecule has 0 aromatic heterocycles. The Morgan fingerprint density at radius 1 is 1.18 bits per heavy atom. The fraction of sp³-hybridized carbons (Fsp3) is 0.538. The van der Waals surface area contributed by atoms with E-state index in [0.717, 1.165) is 25.9 Å². The molecule has 3 rings (SSSR count). The third-order valence-corrected chi connectivity index (χ3v) is 5.64. The van der Waals surface area contributed by atoms with Crippen molar-refractivity contribution in [2.45, 2.75) is 25.4 Å². The lowest BCUT2D eigenvalue weighted by molar-refractivity contribution is 0.194. The predicted molar refractivity (Wildman–Crippen MR) is 67.6 cm³/mol. The maximum atomic E-state index is 11.5. The molecule has 0 radical (unpaired) electrons. The molecule has 0 N–H and O–H groups in total. The van der Waals surface area contributed by atoms with Gasteiger partial charge in [0.1, 0.15) is 0 Å². The summed E-state index contributed by atoms with van der Waals surface area (Å²) >= 11 is 0. The van der Waals surface area contributed by atoms with Gasteiger partial charge in [0.05, 0.1) is 11.5 Å². The summed E-state index contributed by atoms with van der Waals surface area (Å²) in [7, 11) is -2.76. The SMILES string of the molecule is O=S1(=O)CCC(N2CCc3ccccc3C2)C1. The molecule has 1 saturated heterocycles. The average Bonchev–Trinajstić information content (AvgIpc) is 2.69. The van der Waals surface area contributed by atoms with Crippen molar-refractivity contribution in [3.63, 3.8) is 0 Å². The van der Waals surface area contributed by atoms with Gasteiger partial charge in [-0.3, -0.25) is 4.90 Å². The maximum Gasteiger partial charge on any atom is 0.151 e. The minimum atomic E-state index is -2.76. The van der Waals surface area contributed by atoms with Gasteiger partial charge in [-0.1, -0.05) is 24.3 Å². The monoisotopic (exact) mass is 251 g/mol. The normalized spacial score (nSPS) is 27.9. The quantitative estimate of drug-likeness (QED) is 0.753. The Bertz CT molecular complexity index is 524. The van der Waals surface area contributed by atoms with Crippen molar-refractivity contribution in [2.75, 3.05) is 18.1 Å². The first kappa shape index (κ1) is 11.2. The summed E-state index contributed by atoms with van der Waals surface area (Å²) in [6.07, 6.45) is 1.86. The van der Waals surface area contributed by atoms with E-state index in [-0.39, 0.29) is 6.04 Å². The summed E-state index contributed by atoms with van der Waals surface area (Å²) in [5, 5.41) is 0. The maximum absolute atomic E-state index is 11.5. The molecule has 2 heterocycles. The molecule has 2 aliphatic heterocycles. The van der Waals surface area contributed by atoms with Crippen LogP contribution in [0, 0.1) is 0 Å². The molecule has 1 fully saturated rings. The van der Waals surface area contributed by atoms with Crippen LogP contribution < -0.4 is 0 Å². The zero-order valence-corrected chi connectivity index (χ0v) is 10.6. The van der Waals surface area contributed by atoms with E-state index >= 15 is 0 Å². The summed E-state index contributed by atoms with van der Waals surface area (Å²) in [6, 6.07) is 8.72. The lowest BCUT2D eigenvalue weighted by Crippen LogP contribution is -2.39. The van der Waals surface area contributed by atoms with Gasteiger partial charge in [0.15, 0.2) is 9.84 Å². The van der Waals surface area contributed by atoms with Gasteiger partial charge < -0.3 is 0 Å². The smallest absolute Gasteiger partial charge is 0.151 e. The number of nitrogens with zero attached hydrogens (tertiary/aromatic N) is 1. The number of hydrogen-bond donors (Lipinski definition) is 0. The largest absolute Gasteiger partial charge is 0.295 e. The highest BCUT2D eigenvalue weighted by molar-refractivity contribution is 7.91. The van der Waals surface area contributed by atoms with Crippen molar-refractivity contribution in [2.24, 2.45) is 0 Å². The minimum absolute atomic E-state index is 0.244. The van der Waals surface area contributed by atoms with Crippen LogP contribution in [-0.4, -0.2) is 37.4 Å². The van der Waals surface area contributed by atoms with Gasteiger partial charge in [0, 0.05) is 19.1 Å². The third kappa shape index (κ3) is 2.24. The van der Waals surface area contributed by atoms with E-state index in [1.165, 1.54) is 11.1 Å². The van der Waals surface area contributed by atoms with Crippen molar-refractivity contribution in [3.05, 3.63) is 35.4 Å². The van der Waals surface area contributed by atoms with Gasteiger partial charge in [0.25, 0.3) is 0 Å². The first-order valence-electron chi connectivity index (χ1n) is 6.15. The van der Waals surface area contributed by atoms with Gasteiger partial charge in [-0.25, -0.2) is 8.42 Å². The summed E-state index contributed by atoms with van der Waals surface area (Å²) in [5.74, 6) is 0.727. The zero-order valence-electron chi connectivity index (χ0n) is 9.80. The predicted octanol–water partition coefficient (Wildman–Crippen LogP) is 1.23. The Kier molecular flexibility index (Phi) is 2.71. The molecule has 0 saturated carbocycles. The molecule has 0 amide bonds. The molecule has 0 aliphatic carbocycles. The van der Waals surface area contributed by atoms with Gasteiger partial charge in [-0.15, -0.1) is 0 Å². The van der Waals surface area contributed by atoms with Crippen LogP contribution in [-0.2, 0) is 22.8 Å². The van der Waals surface area contributed by atoms with E-state index in [4.69, 9.17) is 0 Å². The molecule has 1 unspecified atom stereocenters. The zero-order chi connectivity index (χ0) is 11.9. The van der Waals surface area contributed by atoms with Crippen molar-refractivity contribution in [1.82, 2.24) is 4.90 Å². The second-order valence-corrected chi connectivity index (χ2v) is 7.27. The summed E-state index contributed by atoms with van der Waals surface area (Å²) in [4.78, 5) is 2.34. The highest BCUT2D eigenvalue weighted by Crippen LogP contribution is 2.25. The molecule has 3 nitrogen and oxygen atoms in total. The van der Waals surface area contributed by atoms with E-state index in [9.17, 15) is 8.42 Å². The lowest BCUT2D eigenvalue weighted by atomic mass is 9.98. The van der Waals surface area contributed by atoms with E-state index in [1.807, 2.05) is 0 Å². The molecule has 1 aromatic rings. The fourth-order valence-corrected chi connectivity index (χ4v) is 4.65. The van der Waals surface area contributed by atoms with E-state index < -0.39 is 9.84 Å². The molecule has 4 heteroatoms.